The van der Waals surface area contributed by atoms with E-state index in [-0.39, 0.29) is 18.9 Å². The number of carbonyl (C=O) groups excluding carboxylic acids is 1. The Bertz CT molecular complexity index is 460. The number of carboxylic acid groups (broad SMARTS) is 1. The molecule has 0 aliphatic rings. The summed E-state index contributed by atoms with van der Waals surface area (Å²) in [5, 5.41) is 8.97. The van der Waals surface area contributed by atoms with Crippen molar-refractivity contribution in [1.29, 1.82) is 0 Å². The van der Waals surface area contributed by atoms with Gasteiger partial charge in [-0.2, -0.15) is 0 Å². The fourth-order valence-electron chi connectivity index (χ4n) is 2.18. The number of ketones is 1. The highest BCUT2D eigenvalue weighted by Crippen LogP contribution is 2.07. The fourth-order valence-corrected chi connectivity index (χ4v) is 2.18. The number of nitrogens with two attached hydrogens (primary N) is 1. The van der Waals surface area contributed by atoms with Gasteiger partial charge in [0.05, 0.1) is 19.1 Å². The SMILES string of the molecule is CC(C)C[C@H](N)C(=O)CN(CC(=O)O)Cc1ccccc1. The van der Waals surface area contributed by atoms with Crippen molar-refractivity contribution in [2.24, 2.45) is 11.7 Å². The Morgan fingerprint density at radius 1 is 1.19 bits per heavy atom. The molecule has 0 heterocycles. The number of aliphatic carboxylic acids is 1. The fraction of sp³-hybridized carbons (Fsp3) is 0.500. The zero-order chi connectivity index (χ0) is 15.8. The summed E-state index contributed by atoms with van der Waals surface area (Å²) < 4.78 is 0. The van der Waals surface area contributed by atoms with Crippen LogP contribution in [0.2, 0.25) is 0 Å². The van der Waals surface area contributed by atoms with Crippen LogP contribution in [0.3, 0.4) is 0 Å². The first-order valence-corrected chi connectivity index (χ1v) is 7.15. The first-order valence-electron chi connectivity index (χ1n) is 7.15. The van der Waals surface area contributed by atoms with E-state index in [1.807, 2.05) is 44.2 Å². The second-order valence-corrected chi connectivity index (χ2v) is 5.73. The predicted molar refractivity (Wildman–Crippen MR) is 81.8 cm³/mol. The molecule has 0 amide bonds. The molecule has 5 nitrogen and oxygen atoms in total. The summed E-state index contributed by atoms with van der Waals surface area (Å²) in [6.45, 7) is 4.33. The number of rotatable bonds is 9. The van der Waals surface area contributed by atoms with Crippen molar-refractivity contribution in [2.45, 2.75) is 32.9 Å². The van der Waals surface area contributed by atoms with Crippen molar-refractivity contribution in [3.8, 4) is 0 Å². The van der Waals surface area contributed by atoms with E-state index in [0.717, 1.165) is 5.56 Å². The van der Waals surface area contributed by atoms with E-state index in [2.05, 4.69) is 0 Å². The van der Waals surface area contributed by atoms with E-state index in [9.17, 15) is 9.59 Å². The van der Waals surface area contributed by atoms with Crippen molar-refractivity contribution >= 4 is 11.8 Å². The van der Waals surface area contributed by atoms with Gasteiger partial charge in [-0.3, -0.25) is 14.5 Å². The van der Waals surface area contributed by atoms with E-state index in [1.165, 1.54) is 0 Å². The Morgan fingerprint density at radius 3 is 2.33 bits per heavy atom. The van der Waals surface area contributed by atoms with Crippen LogP contribution >= 0.6 is 0 Å². The largest absolute Gasteiger partial charge is 0.480 e. The standard InChI is InChI=1S/C16H24N2O3/c1-12(2)8-14(17)15(19)10-18(11-16(20)21)9-13-6-4-3-5-7-13/h3-7,12,14H,8-11,17H2,1-2H3,(H,20,21)/t14-/m0/s1. The van der Waals surface area contributed by atoms with Crippen LogP contribution in [0.25, 0.3) is 0 Å². The molecule has 1 rings (SSSR count). The molecule has 5 heteroatoms. The summed E-state index contributed by atoms with van der Waals surface area (Å²) in [5.74, 6) is -0.719. The lowest BCUT2D eigenvalue weighted by molar-refractivity contribution is -0.138. The Morgan fingerprint density at radius 2 is 1.81 bits per heavy atom. The van der Waals surface area contributed by atoms with Gasteiger partial charge in [-0.05, 0) is 17.9 Å². The third kappa shape index (κ3) is 7.02. The smallest absolute Gasteiger partial charge is 0.317 e. The molecule has 0 saturated carbocycles. The molecule has 1 atom stereocenters. The van der Waals surface area contributed by atoms with Crippen LogP contribution in [0.4, 0.5) is 0 Å². The summed E-state index contributed by atoms with van der Waals surface area (Å²) in [5.41, 5.74) is 6.84. The van der Waals surface area contributed by atoms with Gasteiger partial charge in [0.1, 0.15) is 0 Å². The molecule has 0 bridgehead atoms. The van der Waals surface area contributed by atoms with Crippen LogP contribution in [-0.4, -0.2) is 40.9 Å². The van der Waals surface area contributed by atoms with Crippen molar-refractivity contribution < 1.29 is 14.7 Å². The summed E-state index contributed by atoms with van der Waals surface area (Å²) in [6, 6.07) is 8.97. The molecular formula is C16H24N2O3. The number of nitrogens with zero attached hydrogens (tertiary/aromatic N) is 1. The van der Waals surface area contributed by atoms with Crippen molar-refractivity contribution in [3.63, 3.8) is 0 Å². The molecule has 116 valence electrons. The van der Waals surface area contributed by atoms with Gasteiger partial charge in [0.15, 0.2) is 5.78 Å². The third-order valence-corrected chi connectivity index (χ3v) is 3.13. The molecule has 0 unspecified atom stereocenters. The van der Waals surface area contributed by atoms with E-state index < -0.39 is 12.0 Å². The van der Waals surface area contributed by atoms with Crippen LogP contribution in [0, 0.1) is 5.92 Å². The molecule has 0 radical (unpaired) electrons. The zero-order valence-corrected chi connectivity index (χ0v) is 12.7. The summed E-state index contributed by atoms with van der Waals surface area (Å²) >= 11 is 0. The van der Waals surface area contributed by atoms with Gasteiger partial charge >= 0.3 is 5.97 Å². The van der Waals surface area contributed by atoms with Gasteiger partial charge in [0.2, 0.25) is 0 Å². The van der Waals surface area contributed by atoms with Crippen molar-refractivity contribution in [3.05, 3.63) is 35.9 Å². The molecule has 0 spiro atoms. The third-order valence-electron chi connectivity index (χ3n) is 3.13. The van der Waals surface area contributed by atoms with Crippen molar-refractivity contribution in [2.75, 3.05) is 13.1 Å². The molecule has 0 saturated heterocycles. The Labute approximate surface area is 125 Å². The number of carboxylic acids is 1. The van der Waals surface area contributed by atoms with Gasteiger partial charge in [-0.15, -0.1) is 0 Å². The lowest BCUT2D eigenvalue weighted by Gasteiger charge is -2.22. The maximum absolute atomic E-state index is 12.1. The van der Waals surface area contributed by atoms with E-state index in [0.29, 0.717) is 18.9 Å². The van der Waals surface area contributed by atoms with Gasteiger partial charge in [-0.1, -0.05) is 44.2 Å². The topological polar surface area (TPSA) is 83.6 Å². The van der Waals surface area contributed by atoms with Crippen LogP contribution in [0.1, 0.15) is 25.8 Å². The number of hydrogen-bond acceptors (Lipinski definition) is 4. The molecule has 1 aromatic rings. The quantitative estimate of drug-likeness (QED) is 0.721. The highest BCUT2D eigenvalue weighted by Gasteiger charge is 2.20. The monoisotopic (exact) mass is 292 g/mol. The summed E-state index contributed by atoms with van der Waals surface area (Å²) in [7, 11) is 0. The molecule has 0 fully saturated rings. The first kappa shape index (κ1) is 17.3. The van der Waals surface area contributed by atoms with Gasteiger partial charge in [-0.25, -0.2) is 0 Å². The average molecular weight is 292 g/mol. The minimum absolute atomic E-state index is 0.0646. The maximum atomic E-state index is 12.1. The number of hydrogen-bond donors (Lipinski definition) is 2. The van der Waals surface area contributed by atoms with Gasteiger partial charge in [0.25, 0.3) is 0 Å². The molecule has 0 aromatic heterocycles. The normalized spacial score (nSPS) is 12.6. The molecule has 3 N–H and O–H groups in total. The minimum Gasteiger partial charge on any atom is -0.480 e. The number of carbonyl (C=O) groups is 2. The highest BCUT2D eigenvalue weighted by atomic mass is 16.4. The van der Waals surface area contributed by atoms with E-state index in [1.54, 1.807) is 4.90 Å². The summed E-state index contributed by atoms with van der Waals surface area (Å²) in [6.07, 6.45) is 0.616. The Balaban J connectivity index is 2.65. The zero-order valence-electron chi connectivity index (χ0n) is 12.7. The molecule has 0 aliphatic heterocycles. The van der Waals surface area contributed by atoms with E-state index in [4.69, 9.17) is 10.8 Å². The molecular weight excluding hydrogens is 268 g/mol. The summed E-state index contributed by atoms with van der Waals surface area (Å²) in [4.78, 5) is 24.7. The average Bonchev–Trinajstić information content (AvgIpc) is 2.38. The van der Waals surface area contributed by atoms with Gasteiger partial charge < -0.3 is 10.8 Å². The highest BCUT2D eigenvalue weighted by molar-refractivity contribution is 5.86. The molecule has 0 aliphatic carbocycles. The van der Waals surface area contributed by atoms with Crippen LogP contribution < -0.4 is 5.73 Å². The van der Waals surface area contributed by atoms with Crippen LogP contribution in [0.15, 0.2) is 30.3 Å². The van der Waals surface area contributed by atoms with Crippen LogP contribution in [-0.2, 0) is 16.1 Å². The van der Waals surface area contributed by atoms with Crippen LogP contribution in [0.5, 0.6) is 0 Å². The molecule has 21 heavy (non-hydrogen) atoms. The number of Topliss-reactive ketones (excluding diaryl/α,β-unsaturated/α-hetero) is 1. The Kier molecular flexibility index (Phi) is 7.05. The number of benzene rings is 1. The minimum atomic E-state index is -0.948. The van der Waals surface area contributed by atoms with E-state index >= 15 is 0 Å². The first-order chi connectivity index (χ1) is 9.88. The Hall–Kier alpha value is -1.72. The lowest BCUT2D eigenvalue weighted by Crippen LogP contribution is -2.42. The second kappa shape index (κ2) is 8.54. The predicted octanol–water partition coefficient (Wildman–Crippen LogP) is 1.52. The second-order valence-electron chi connectivity index (χ2n) is 5.73. The molecule has 1 aromatic carbocycles. The van der Waals surface area contributed by atoms with Crippen molar-refractivity contribution in [1.82, 2.24) is 4.90 Å². The van der Waals surface area contributed by atoms with Gasteiger partial charge in [0, 0.05) is 6.54 Å². The lowest BCUT2D eigenvalue weighted by atomic mass is 10.0. The maximum Gasteiger partial charge on any atom is 0.317 e.